The number of rotatable bonds is 9. The number of unbranched alkanes of at least 4 members (excludes halogenated alkanes) is 2. The van der Waals surface area contributed by atoms with Crippen LogP contribution in [0.25, 0.3) is 10.9 Å². The Balaban J connectivity index is 1.25. The first kappa shape index (κ1) is 22.7. The number of fused-ring (bicyclic) bond motifs is 1. The molecule has 32 heavy (non-hydrogen) atoms. The average molecular weight is 510 g/mol. The number of nitrogens with one attached hydrogen (secondary N) is 1. The van der Waals surface area contributed by atoms with Gasteiger partial charge in [0.2, 0.25) is 0 Å². The van der Waals surface area contributed by atoms with Crippen molar-refractivity contribution in [2.24, 2.45) is 0 Å². The topological polar surface area (TPSA) is 50.7 Å². The summed E-state index contributed by atoms with van der Waals surface area (Å²) in [5.74, 6) is 0.946. The molecule has 0 fully saturated rings. The van der Waals surface area contributed by atoms with Crippen LogP contribution in [0.1, 0.15) is 42.0 Å². The SMILES string of the molecule is Cc1cc(Cc2ccc(Br)cc2)nc(CCCCCNc2ccnc3cc(Cl)ccc23)n1. The average Bonchev–Trinajstić information content (AvgIpc) is 2.77. The quantitative estimate of drug-likeness (QED) is 0.243. The van der Waals surface area contributed by atoms with Gasteiger partial charge in [-0.15, -0.1) is 0 Å². The first-order chi connectivity index (χ1) is 15.6. The van der Waals surface area contributed by atoms with Crippen LogP contribution >= 0.6 is 27.5 Å². The fourth-order valence-electron chi connectivity index (χ4n) is 3.80. The highest BCUT2D eigenvalue weighted by Crippen LogP contribution is 2.24. The van der Waals surface area contributed by atoms with Gasteiger partial charge in [-0.3, -0.25) is 4.98 Å². The van der Waals surface area contributed by atoms with Crippen LogP contribution in [0.2, 0.25) is 5.02 Å². The van der Waals surface area contributed by atoms with Crippen LogP contribution in [0, 0.1) is 6.92 Å². The number of aryl methyl sites for hydroxylation is 2. The molecular formula is C26H26BrClN4. The lowest BCUT2D eigenvalue weighted by Gasteiger charge is -2.10. The molecule has 4 nitrogen and oxygen atoms in total. The van der Waals surface area contributed by atoms with E-state index in [0.717, 1.165) is 76.9 Å². The molecule has 0 unspecified atom stereocenters. The van der Waals surface area contributed by atoms with Gasteiger partial charge in [-0.2, -0.15) is 0 Å². The number of benzene rings is 2. The standard InChI is InChI=1S/C26H26BrClN4/c1-18-15-22(16-19-6-8-20(27)9-7-19)32-26(31-18)5-3-2-4-13-29-24-12-14-30-25-17-21(28)10-11-23(24)25/h6-12,14-15,17H,2-5,13,16H2,1H3,(H,29,30). The maximum Gasteiger partial charge on any atom is 0.128 e. The van der Waals surface area contributed by atoms with Gasteiger partial charge < -0.3 is 5.32 Å². The number of halogens is 2. The molecule has 0 atom stereocenters. The second kappa shape index (κ2) is 10.9. The largest absolute Gasteiger partial charge is 0.384 e. The lowest BCUT2D eigenvalue weighted by molar-refractivity contribution is 0.674. The monoisotopic (exact) mass is 508 g/mol. The number of aromatic nitrogens is 3. The Morgan fingerprint density at radius 1 is 0.938 bits per heavy atom. The van der Waals surface area contributed by atoms with Gasteiger partial charge in [-0.25, -0.2) is 9.97 Å². The van der Waals surface area contributed by atoms with Gasteiger partial charge in [0.15, 0.2) is 0 Å². The zero-order valence-electron chi connectivity index (χ0n) is 18.1. The van der Waals surface area contributed by atoms with Crippen molar-refractivity contribution >= 4 is 44.1 Å². The number of hydrogen-bond donors (Lipinski definition) is 1. The number of nitrogens with zero attached hydrogens (tertiary/aromatic N) is 3. The van der Waals surface area contributed by atoms with Crippen LogP contribution in [-0.4, -0.2) is 21.5 Å². The lowest BCUT2D eigenvalue weighted by atomic mass is 10.1. The summed E-state index contributed by atoms with van der Waals surface area (Å²) < 4.78 is 1.09. The van der Waals surface area contributed by atoms with Crippen molar-refractivity contribution < 1.29 is 0 Å². The molecule has 4 aromatic rings. The summed E-state index contributed by atoms with van der Waals surface area (Å²) in [6, 6.07) is 18.3. The molecule has 0 saturated heterocycles. The summed E-state index contributed by atoms with van der Waals surface area (Å²) in [7, 11) is 0. The number of anilines is 1. The lowest BCUT2D eigenvalue weighted by Crippen LogP contribution is -2.04. The zero-order valence-corrected chi connectivity index (χ0v) is 20.5. The van der Waals surface area contributed by atoms with E-state index >= 15 is 0 Å². The maximum absolute atomic E-state index is 6.08. The van der Waals surface area contributed by atoms with Gasteiger partial charge in [0.25, 0.3) is 0 Å². The van der Waals surface area contributed by atoms with Crippen molar-refractivity contribution in [3.63, 3.8) is 0 Å². The highest BCUT2D eigenvalue weighted by Gasteiger charge is 2.05. The second-order valence-electron chi connectivity index (χ2n) is 7.98. The zero-order chi connectivity index (χ0) is 22.3. The molecule has 0 aliphatic heterocycles. The van der Waals surface area contributed by atoms with Gasteiger partial charge >= 0.3 is 0 Å². The fourth-order valence-corrected chi connectivity index (χ4v) is 4.23. The maximum atomic E-state index is 6.08. The smallest absolute Gasteiger partial charge is 0.128 e. The summed E-state index contributed by atoms with van der Waals surface area (Å²) in [5, 5.41) is 5.35. The first-order valence-corrected chi connectivity index (χ1v) is 12.1. The Bertz CT molecular complexity index is 1190. The molecule has 6 heteroatoms. The molecule has 0 amide bonds. The summed E-state index contributed by atoms with van der Waals surface area (Å²) in [6.45, 7) is 2.97. The Labute approximate surface area is 202 Å². The third-order valence-corrected chi connectivity index (χ3v) is 6.11. The molecule has 2 aromatic heterocycles. The molecule has 0 spiro atoms. The van der Waals surface area contributed by atoms with Gasteiger partial charge in [-0.05, 0) is 67.8 Å². The van der Waals surface area contributed by atoms with E-state index in [-0.39, 0.29) is 0 Å². The minimum atomic E-state index is 0.709. The van der Waals surface area contributed by atoms with Crippen LogP contribution in [0.4, 0.5) is 5.69 Å². The summed E-state index contributed by atoms with van der Waals surface area (Å²) in [4.78, 5) is 13.8. The van der Waals surface area contributed by atoms with Gasteiger partial charge in [0.1, 0.15) is 5.82 Å². The Kier molecular flexibility index (Phi) is 7.72. The van der Waals surface area contributed by atoms with E-state index in [1.807, 2.05) is 37.4 Å². The molecule has 1 N–H and O–H groups in total. The second-order valence-corrected chi connectivity index (χ2v) is 9.33. The number of hydrogen-bond acceptors (Lipinski definition) is 4. The van der Waals surface area contributed by atoms with Crippen molar-refractivity contribution in [1.82, 2.24) is 15.0 Å². The molecule has 0 bridgehead atoms. The minimum Gasteiger partial charge on any atom is -0.384 e. The minimum absolute atomic E-state index is 0.709. The fraction of sp³-hybridized carbons (Fsp3) is 0.269. The Morgan fingerprint density at radius 3 is 2.62 bits per heavy atom. The van der Waals surface area contributed by atoms with E-state index in [2.05, 4.69) is 61.5 Å². The first-order valence-electron chi connectivity index (χ1n) is 10.9. The van der Waals surface area contributed by atoms with Gasteiger partial charge in [-0.1, -0.05) is 46.1 Å². The molecular weight excluding hydrogens is 484 g/mol. The van der Waals surface area contributed by atoms with E-state index in [4.69, 9.17) is 16.6 Å². The van der Waals surface area contributed by atoms with Crippen molar-refractivity contribution in [2.75, 3.05) is 11.9 Å². The van der Waals surface area contributed by atoms with Crippen LogP contribution in [0.5, 0.6) is 0 Å². The summed E-state index contributed by atoms with van der Waals surface area (Å²) >= 11 is 9.57. The molecule has 164 valence electrons. The predicted octanol–water partition coefficient (Wildman–Crippen LogP) is 7.16. The highest BCUT2D eigenvalue weighted by molar-refractivity contribution is 9.10. The van der Waals surface area contributed by atoms with Crippen LogP contribution < -0.4 is 5.32 Å². The Morgan fingerprint density at radius 2 is 1.78 bits per heavy atom. The molecule has 0 saturated carbocycles. The van der Waals surface area contributed by atoms with Crippen molar-refractivity contribution in [1.29, 1.82) is 0 Å². The van der Waals surface area contributed by atoms with E-state index in [0.29, 0.717) is 5.02 Å². The summed E-state index contributed by atoms with van der Waals surface area (Å²) in [5.41, 5.74) is 5.40. The van der Waals surface area contributed by atoms with Crippen molar-refractivity contribution in [3.05, 3.63) is 93.1 Å². The third kappa shape index (κ3) is 6.27. The molecule has 0 radical (unpaired) electrons. The van der Waals surface area contributed by atoms with Crippen molar-refractivity contribution in [2.45, 2.75) is 39.0 Å². The molecule has 2 aromatic carbocycles. The number of pyridine rings is 1. The normalized spacial score (nSPS) is 11.1. The van der Waals surface area contributed by atoms with Crippen LogP contribution in [0.15, 0.2) is 65.3 Å². The van der Waals surface area contributed by atoms with E-state index in [1.165, 1.54) is 5.56 Å². The van der Waals surface area contributed by atoms with Crippen LogP contribution in [-0.2, 0) is 12.8 Å². The summed E-state index contributed by atoms with van der Waals surface area (Å²) in [6.07, 6.45) is 6.86. The predicted molar refractivity (Wildman–Crippen MR) is 137 cm³/mol. The van der Waals surface area contributed by atoms with E-state index in [1.54, 1.807) is 0 Å². The van der Waals surface area contributed by atoms with E-state index < -0.39 is 0 Å². The molecule has 2 heterocycles. The molecule has 0 aliphatic carbocycles. The molecule has 0 aliphatic rings. The van der Waals surface area contributed by atoms with Crippen LogP contribution in [0.3, 0.4) is 0 Å². The Hall–Kier alpha value is -2.50. The van der Waals surface area contributed by atoms with Gasteiger partial charge in [0, 0.05) is 57.5 Å². The molecule has 4 rings (SSSR count). The third-order valence-electron chi connectivity index (χ3n) is 5.35. The highest BCUT2D eigenvalue weighted by atomic mass is 79.9. The van der Waals surface area contributed by atoms with Crippen molar-refractivity contribution in [3.8, 4) is 0 Å². The van der Waals surface area contributed by atoms with Gasteiger partial charge in [0.05, 0.1) is 5.52 Å². The van der Waals surface area contributed by atoms with E-state index in [9.17, 15) is 0 Å².